The van der Waals surface area contributed by atoms with Crippen LogP contribution in [0.2, 0.25) is 0 Å². The highest BCUT2D eigenvalue weighted by molar-refractivity contribution is 9.10. The van der Waals surface area contributed by atoms with Crippen molar-refractivity contribution in [3.63, 3.8) is 0 Å². The van der Waals surface area contributed by atoms with E-state index in [1.807, 2.05) is 0 Å². The number of benzene rings is 1. The number of rotatable bonds is 3. The lowest BCUT2D eigenvalue weighted by atomic mass is 9.95. The third-order valence-corrected chi connectivity index (χ3v) is 3.21. The van der Waals surface area contributed by atoms with E-state index in [1.165, 1.54) is 20.3 Å². The first-order chi connectivity index (χ1) is 8.15. The van der Waals surface area contributed by atoms with Gasteiger partial charge in [0.25, 0.3) is 0 Å². The molecule has 0 saturated heterocycles. The summed E-state index contributed by atoms with van der Waals surface area (Å²) in [5, 5.41) is 9.64. The van der Waals surface area contributed by atoms with E-state index >= 15 is 0 Å². The average Bonchev–Trinajstić information content (AvgIpc) is 2.26. The van der Waals surface area contributed by atoms with Gasteiger partial charge in [-0.2, -0.15) is 13.2 Å². The van der Waals surface area contributed by atoms with E-state index in [1.54, 1.807) is 0 Å². The molecule has 0 radical (unpaired) electrons. The molecule has 0 bridgehead atoms. The molecule has 0 fully saturated rings. The maximum atomic E-state index is 12.8. The van der Waals surface area contributed by atoms with Crippen molar-refractivity contribution in [3.05, 3.63) is 22.2 Å². The molecule has 1 aromatic rings. The molecule has 0 aliphatic heterocycles. The minimum absolute atomic E-state index is 0.0856. The molecule has 7 heteroatoms. The van der Waals surface area contributed by atoms with Gasteiger partial charge in [-0.05, 0) is 19.1 Å². The van der Waals surface area contributed by atoms with Crippen LogP contribution >= 0.6 is 15.9 Å². The lowest BCUT2D eigenvalue weighted by Gasteiger charge is -2.28. The minimum atomic E-state index is -4.80. The number of halogens is 4. The van der Waals surface area contributed by atoms with E-state index in [9.17, 15) is 18.3 Å². The van der Waals surface area contributed by atoms with Crippen LogP contribution in [0.5, 0.6) is 11.5 Å². The number of aliphatic hydroxyl groups is 1. The predicted octanol–water partition coefficient (Wildman–Crippen LogP) is 3.24. The molecule has 0 amide bonds. The second kappa shape index (κ2) is 4.97. The standard InChI is InChI=1S/C11H12BrF3O3/c1-10(16,11(13,14)15)6-4-8(17-2)9(18-3)5-7(6)12/h4-5,16H,1-3H3. The summed E-state index contributed by atoms with van der Waals surface area (Å²) >= 11 is 2.98. The van der Waals surface area contributed by atoms with Gasteiger partial charge in [0.2, 0.25) is 0 Å². The van der Waals surface area contributed by atoms with Crippen LogP contribution in [0, 0.1) is 0 Å². The van der Waals surface area contributed by atoms with E-state index in [0.717, 1.165) is 6.07 Å². The van der Waals surface area contributed by atoms with Gasteiger partial charge in [0.1, 0.15) is 0 Å². The van der Waals surface area contributed by atoms with Gasteiger partial charge < -0.3 is 14.6 Å². The van der Waals surface area contributed by atoms with Crippen LogP contribution in [-0.2, 0) is 5.60 Å². The van der Waals surface area contributed by atoms with Gasteiger partial charge in [-0.15, -0.1) is 0 Å². The second-order valence-electron chi connectivity index (χ2n) is 3.76. The number of methoxy groups -OCH3 is 2. The average molecular weight is 329 g/mol. The zero-order chi connectivity index (χ0) is 14.1. The van der Waals surface area contributed by atoms with Gasteiger partial charge in [0.15, 0.2) is 17.1 Å². The second-order valence-corrected chi connectivity index (χ2v) is 4.61. The first kappa shape index (κ1) is 15.1. The predicted molar refractivity (Wildman–Crippen MR) is 62.9 cm³/mol. The first-order valence-corrected chi connectivity index (χ1v) is 5.65. The molecular weight excluding hydrogens is 317 g/mol. The molecule has 0 spiro atoms. The van der Waals surface area contributed by atoms with Crippen molar-refractivity contribution in [1.82, 2.24) is 0 Å². The number of alkyl halides is 3. The van der Waals surface area contributed by atoms with Crippen molar-refractivity contribution in [2.75, 3.05) is 14.2 Å². The number of hydrogen-bond acceptors (Lipinski definition) is 3. The first-order valence-electron chi connectivity index (χ1n) is 4.86. The zero-order valence-corrected chi connectivity index (χ0v) is 11.5. The van der Waals surface area contributed by atoms with Gasteiger partial charge >= 0.3 is 6.18 Å². The molecule has 0 aliphatic rings. The molecule has 0 aromatic heterocycles. The molecule has 1 atom stereocenters. The molecule has 0 aliphatic carbocycles. The largest absolute Gasteiger partial charge is 0.493 e. The van der Waals surface area contributed by atoms with Crippen molar-refractivity contribution >= 4 is 15.9 Å². The van der Waals surface area contributed by atoms with Gasteiger partial charge in [-0.25, -0.2) is 0 Å². The highest BCUT2D eigenvalue weighted by Gasteiger charge is 2.52. The van der Waals surface area contributed by atoms with Crippen molar-refractivity contribution in [1.29, 1.82) is 0 Å². The summed E-state index contributed by atoms with van der Waals surface area (Å²) < 4.78 is 48.3. The summed E-state index contributed by atoms with van der Waals surface area (Å²) in [6, 6.07) is 2.41. The summed E-state index contributed by atoms with van der Waals surface area (Å²) in [7, 11) is 2.67. The molecule has 1 N–H and O–H groups in total. The summed E-state index contributed by atoms with van der Waals surface area (Å²) in [6.07, 6.45) is -4.80. The highest BCUT2D eigenvalue weighted by atomic mass is 79.9. The van der Waals surface area contributed by atoms with Gasteiger partial charge in [-0.3, -0.25) is 0 Å². The molecule has 0 saturated carbocycles. The normalized spacial score (nSPS) is 15.1. The molecule has 1 unspecified atom stereocenters. The van der Waals surface area contributed by atoms with Crippen molar-refractivity contribution in [2.24, 2.45) is 0 Å². The smallest absolute Gasteiger partial charge is 0.421 e. The summed E-state index contributed by atoms with van der Waals surface area (Å²) in [6.45, 7) is 0.680. The van der Waals surface area contributed by atoms with E-state index in [-0.39, 0.29) is 21.5 Å². The van der Waals surface area contributed by atoms with Gasteiger partial charge in [0.05, 0.1) is 14.2 Å². The summed E-state index contributed by atoms with van der Waals surface area (Å²) in [4.78, 5) is 0. The maximum absolute atomic E-state index is 12.8. The Hall–Kier alpha value is -0.950. The van der Waals surface area contributed by atoms with Crippen LogP contribution in [-0.4, -0.2) is 25.5 Å². The SMILES string of the molecule is COc1cc(Br)c(C(C)(O)C(F)(F)F)cc1OC. The molecule has 18 heavy (non-hydrogen) atoms. The Bertz CT molecular complexity index is 444. The fraction of sp³-hybridized carbons (Fsp3) is 0.455. The van der Waals surface area contributed by atoms with Crippen LogP contribution < -0.4 is 9.47 Å². The molecule has 1 aromatic carbocycles. The Morgan fingerprint density at radius 3 is 1.94 bits per heavy atom. The van der Waals surface area contributed by atoms with Gasteiger partial charge in [-0.1, -0.05) is 15.9 Å². The van der Waals surface area contributed by atoms with Gasteiger partial charge in [0, 0.05) is 10.0 Å². The van der Waals surface area contributed by atoms with E-state index < -0.39 is 11.8 Å². The molecule has 102 valence electrons. The zero-order valence-electron chi connectivity index (χ0n) is 9.93. The Morgan fingerprint density at radius 2 is 1.56 bits per heavy atom. The Morgan fingerprint density at radius 1 is 1.11 bits per heavy atom. The lowest BCUT2D eigenvalue weighted by molar-refractivity contribution is -0.259. The quantitative estimate of drug-likeness (QED) is 0.925. The molecule has 0 heterocycles. The van der Waals surface area contributed by atoms with Crippen LogP contribution in [0.25, 0.3) is 0 Å². The maximum Gasteiger partial charge on any atom is 0.421 e. The Balaban J connectivity index is 3.43. The highest BCUT2D eigenvalue weighted by Crippen LogP contribution is 2.44. The molecule has 3 nitrogen and oxygen atoms in total. The Labute approximate surface area is 111 Å². The fourth-order valence-corrected chi connectivity index (χ4v) is 2.09. The lowest BCUT2D eigenvalue weighted by Crippen LogP contribution is -2.39. The van der Waals surface area contributed by atoms with E-state index in [4.69, 9.17) is 9.47 Å². The van der Waals surface area contributed by atoms with Crippen LogP contribution in [0.15, 0.2) is 16.6 Å². The minimum Gasteiger partial charge on any atom is -0.493 e. The van der Waals surface area contributed by atoms with Crippen molar-refractivity contribution < 1.29 is 27.8 Å². The van der Waals surface area contributed by atoms with Crippen molar-refractivity contribution in [2.45, 2.75) is 18.7 Å². The number of ether oxygens (including phenoxy) is 2. The third-order valence-electron chi connectivity index (χ3n) is 2.55. The van der Waals surface area contributed by atoms with Crippen LogP contribution in [0.1, 0.15) is 12.5 Å². The summed E-state index contributed by atoms with van der Waals surface area (Å²) in [5.74, 6) is 0.381. The summed E-state index contributed by atoms with van der Waals surface area (Å²) in [5.41, 5.74) is -3.32. The van der Waals surface area contributed by atoms with Crippen LogP contribution in [0.4, 0.5) is 13.2 Å². The molecular formula is C11H12BrF3O3. The molecule has 1 rings (SSSR count). The van der Waals surface area contributed by atoms with E-state index in [2.05, 4.69) is 15.9 Å². The third kappa shape index (κ3) is 2.56. The number of hydrogen-bond donors (Lipinski definition) is 1. The van der Waals surface area contributed by atoms with Crippen molar-refractivity contribution in [3.8, 4) is 11.5 Å². The fourth-order valence-electron chi connectivity index (χ4n) is 1.38. The van der Waals surface area contributed by atoms with Crippen LogP contribution in [0.3, 0.4) is 0 Å². The topological polar surface area (TPSA) is 38.7 Å². The van der Waals surface area contributed by atoms with E-state index in [0.29, 0.717) is 6.92 Å². The Kier molecular flexibility index (Phi) is 4.17. The monoisotopic (exact) mass is 328 g/mol.